The number of carbonyl (C=O) groups excluding carboxylic acids is 1. The van der Waals surface area contributed by atoms with Crippen LogP contribution in [0.4, 0.5) is 5.82 Å². The largest absolute Gasteiger partial charge is 0.369 e. The van der Waals surface area contributed by atoms with E-state index in [1.807, 2.05) is 17.9 Å². The van der Waals surface area contributed by atoms with Gasteiger partial charge in [-0.05, 0) is 50.7 Å². The molecule has 0 saturated heterocycles. The van der Waals surface area contributed by atoms with E-state index in [4.69, 9.17) is 0 Å². The average Bonchev–Trinajstić information content (AvgIpc) is 3.28. The first-order valence-electron chi connectivity index (χ1n) is 7.16. The first-order chi connectivity index (χ1) is 9.28. The molecule has 0 aromatic carbocycles. The van der Waals surface area contributed by atoms with Crippen molar-refractivity contribution in [1.82, 2.24) is 15.1 Å². The van der Waals surface area contributed by atoms with Crippen LogP contribution in [-0.4, -0.2) is 40.1 Å². The van der Waals surface area contributed by atoms with Gasteiger partial charge >= 0.3 is 0 Å². The SMILES string of the molecule is CCNc1ccc(C(=O)N(CC2CC2)C2CC2)nn1. The summed E-state index contributed by atoms with van der Waals surface area (Å²) in [5.74, 6) is 1.49. The Labute approximate surface area is 113 Å². The Bertz CT molecular complexity index is 451. The molecule has 5 nitrogen and oxygen atoms in total. The number of nitrogens with one attached hydrogen (secondary N) is 1. The molecule has 1 aromatic heterocycles. The Morgan fingerprint density at radius 2 is 2.11 bits per heavy atom. The highest BCUT2D eigenvalue weighted by Crippen LogP contribution is 2.35. The second-order valence-electron chi connectivity index (χ2n) is 5.47. The Morgan fingerprint density at radius 3 is 2.63 bits per heavy atom. The molecule has 19 heavy (non-hydrogen) atoms. The van der Waals surface area contributed by atoms with E-state index in [9.17, 15) is 4.79 Å². The molecule has 2 aliphatic rings. The molecule has 2 fully saturated rings. The normalized spacial score (nSPS) is 18.2. The minimum absolute atomic E-state index is 0.0462. The number of carbonyl (C=O) groups is 1. The number of hydrogen-bond donors (Lipinski definition) is 1. The Balaban J connectivity index is 1.69. The van der Waals surface area contributed by atoms with Gasteiger partial charge in [-0.15, -0.1) is 10.2 Å². The smallest absolute Gasteiger partial charge is 0.274 e. The van der Waals surface area contributed by atoms with Crippen LogP contribution >= 0.6 is 0 Å². The summed E-state index contributed by atoms with van der Waals surface area (Å²) in [5.41, 5.74) is 0.467. The van der Waals surface area contributed by atoms with Crippen molar-refractivity contribution in [3.63, 3.8) is 0 Å². The second kappa shape index (κ2) is 5.15. The van der Waals surface area contributed by atoms with Crippen LogP contribution in [0.2, 0.25) is 0 Å². The van der Waals surface area contributed by atoms with Gasteiger partial charge in [0.2, 0.25) is 0 Å². The highest BCUT2D eigenvalue weighted by molar-refractivity contribution is 5.92. The highest BCUT2D eigenvalue weighted by atomic mass is 16.2. The molecule has 0 bridgehead atoms. The summed E-state index contributed by atoms with van der Waals surface area (Å²) in [6.07, 6.45) is 4.81. The molecule has 0 aliphatic heterocycles. The van der Waals surface area contributed by atoms with Crippen LogP contribution in [0.25, 0.3) is 0 Å². The number of rotatable bonds is 6. The molecule has 1 N–H and O–H groups in total. The molecule has 5 heteroatoms. The number of amides is 1. The third-order valence-electron chi connectivity index (χ3n) is 3.64. The fraction of sp³-hybridized carbons (Fsp3) is 0.643. The Morgan fingerprint density at radius 1 is 1.32 bits per heavy atom. The second-order valence-corrected chi connectivity index (χ2v) is 5.47. The molecule has 3 rings (SSSR count). The Kier molecular flexibility index (Phi) is 3.36. The zero-order valence-corrected chi connectivity index (χ0v) is 11.3. The minimum Gasteiger partial charge on any atom is -0.369 e. The summed E-state index contributed by atoms with van der Waals surface area (Å²) in [5, 5.41) is 11.2. The lowest BCUT2D eigenvalue weighted by Crippen LogP contribution is -2.35. The quantitative estimate of drug-likeness (QED) is 0.849. The maximum atomic E-state index is 12.5. The topological polar surface area (TPSA) is 58.1 Å². The van der Waals surface area contributed by atoms with Crippen molar-refractivity contribution in [2.24, 2.45) is 5.92 Å². The van der Waals surface area contributed by atoms with E-state index in [-0.39, 0.29) is 5.91 Å². The summed E-state index contributed by atoms with van der Waals surface area (Å²) in [4.78, 5) is 14.5. The summed E-state index contributed by atoms with van der Waals surface area (Å²) in [6.45, 7) is 3.71. The third-order valence-corrected chi connectivity index (χ3v) is 3.64. The first kappa shape index (κ1) is 12.4. The number of aromatic nitrogens is 2. The first-order valence-corrected chi connectivity index (χ1v) is 7.16. The minimum atomic E-state index is 0.0462. The number of nitrogens with zero attached hydrogens (tertiary/aromatic N) is 3. The van der Waals surface area contributed by atoms with Crippen molar-refractivity contribution in [3.05, 3.63) is 17.8 Å². The molecular formula is C14H20N4O. The number of anilines is 1. The molecule has 0 spiro atoms. The molecule has 0 unspecified atom stereocenters. The lowest BCUT2D eigenvalue weighted by atomic mass is 10.3. The standard InChI is InChI=1S/C14H20N4O/c1-2-15-13-8-7-12(16-17-13)14(19)18(11-5-6-11)9-10-3-4-10/h7-8,10-11H,2-6,9H2,1H3,(H,15,17). The van der Waals surface area contributed by atoms with E-state index in [2.05, 4.69) is 15.5 Å². The maximum absolute atomic E-state index is 12.5. The van der Waals surface area contributed by atoms with Crippen molar-refractivity contribution >= 4 is 11.7 Å². The van der Waals surface area contributed by atoms with Gasteiger partial charge in [0, 0.05) is 19.1 Å². The van der Waals surface area contributed by atoms with Crippen LogP contribution in [0.1, 0.15) is 43.1 Å². The van der Waals surface area contributed by atoms with Crippen LogP contribution in [0.15, 0.2) is 12.1 Å². The summed E-state index contributed by atoms with van der Waals surface area (Å²) < 4.78 is 0. The van der Waals surface area contributed by atoms with Gasteiger partial charge in [-0.1, -0.05) is 0 Å². The molecule has 1 amide bonds. The molecule has 2 aliphatic carbocycles. The van der Waals surface area contributed by atoms with E-state index < -0.39 is 0 Å². The molecule has 1 heterocycles. The van der Waals surface area contributed by atoms with E-state index in [1.54, 1.807) is 6.07 Å². The zero-order valence-electron chi connectivity index (χ0n) is 11.3. The molecule has 1 aromatic rings. The molecule has 0 atom stereocenters. The summed E-state index contributed by atoms with van der Waals surface area (Å²) >= 11 is 0. The zero-order chi connectivity index (χ0) is 13.2. The Hall–Kier alpha value is -1.65. The molecule has 102 valence electrons. The molecular weight excluding hydrogens is 240 g/mol. The third kappa shape index (κ3) is 3.03. The van der Waals surface area contributed by atoms with Gasteiger partial charge in [-0.25, -0.2) is 0 Å². The lowest BCUT2D eigenvalue weighted by Gasteiger charge is -2.21. The van der Waals surface area contributed by atoms with Gasteiger partial charge in [0.25, 0.3) is 5.91 Å². The van der Waals surface area contributed by atoms with Crippen molar-refractivity contribution in [2.75, 3.05) is 18.4 Å². The van der Waals surface area contributed by atoms with E-state index in [0.29, 0.717) is 11.7 Å². The monoisotopic (exact) mass is 260 g/mol. The number of hydrogen-bond acceptors (Lipinski definition) is 4. The van der Waals surface area contributed by atoms with Gasteiger partial charge < -0.3 is 10.2 Å². The van der Waals surface area contributed by atoms with E-state index >= 15 is 0 Å². The summed E-state index contributed by atoms with van der Waals surface area (Å²) in [6, 6.07) is 4.05. The van der Waals surface area contributed by atoms with Crippen molar-refractivity contribution in [1.29, 1.82) is 0 Å². The van der Waals surface area contributed by atoms with Crippen LogP contribution in [0.3, 0.4) is 0 Å². The van der Waals surface area contributed by atoms with Crippen LogP contribution in [0.5, 0.6) is 0 Å². The van der Waals surface area contributed by atoms with Crippen molar-refractivity contribution in [2.45, 2.75) is 38.6 Å². The van der Waals surface area contributed by atoms with Gasteiger partial charge in [-0.3, -0.25) is 4.79 Å². The fourth-order valence-corrected chi connectivity index (χ4v) is 2.23. The highest BCUT2D eigenvalue weighted by Gasteiger charge is 2.37. The maximum Gasteiger partial charge on any atom is 0.274 e. The van der Waals surface area contributed by atoms with Crippen LogP contribution in [0, 0.1) is 5.92 Å². The van der Waals surface area contributed by atoms with Crippen molar-refractivity contribution in [3.8, 4) is 0 Å². The predicted molar refractivity (Wildman–Crippen MR) is 73.0 cm³/mol. The van der Waals surface area contributed by atoms with Gasteiger partial charge in [-0.2, -0.15) is 0 Å². The molecule has 2 saturated carbocycles. The lowest BCUT2D eigenvalue weighted by molar-refractivity contribution is 0.0727. The van der Waals surface area contributed by atoms with E-state index in [1.165, 1.54) is 12.8 Å². The van der Waals surface area contributed by atoms with Crippen LogP contribution < -0.4 is 5.32 Å². The average molecular weight is 260 g/mol. The van der Waals surface area contributed by atoms with E-state index in [0.717, 1.165) is 37.7 Å². The van der Waals surface area contributed by atoms with Crippen molar-refractivity contribution < 1.29 is 4.79 Å². The predicted octanol–water partition coefficient (Wildman–Crippen LogP) is 1.92. The fourth-order valence-electron chi connectivity index (χ4n) is 2.23. The van der Waals surface area contributed by atoms with Gasteiger partial charge in [0.05, 0.1) is 0 Å². The molecule has 0 radical (unpaired) electrons. The summed E-state index contributed by atoms with van der Waals surface area (Å²) in [7, 11) is 0. The van der Waals surface area contributed by atoms with Crippen LogP contribution in [-0.2, 0) is 0 Å². The van der Waals surface area contributed by atoms with Gasteiger partial charge in [0.1, 0.15) is 5.82 Å². The van der Waals surface area contributed by atoms with Gasteiger partial charge in [0.15, 0.2) is 5.69 Å².